The Morgan fingerprint density at radius 2 is 1.83 bits per heavy atom. The molecular weight excluding hydrogens is 288 g/mol. The van der Waals surface area contributed by atoms with Crippen molar-refractivity contribution in [1.82, 2.24) is 5.32 Å². The van der Waals surface area contributed by atoms with E-state index in [0.29, 0.717) is 6.54 Å². The van der Waals surface area contributed by atoms with Crippen molar-refractivity contribution in [3.05, 3.63) is 33.8 Å². The van der Waals surface area contributed by atoms with Crippen molar-refractivity contribution in [2.45, 2.75) is 45.6 Å². The molecule has 0 fully saturated rings. The van der Waals surface area contributed by atoms with Gasteiger partial charge in [-0.1, -0.05) is 35.8 Å². The molecule has 3 N–H and O–H groups in total. The summed E-state index contributed by atoms with van der Waals surface area (Å²) in [4.78, 5) is 0. The van der Waals surface area contributed by atoms with Gasteiger partial charge >= 0.3 is 0 Å². The molecule has 0 aliphatic heterocycles. The molecule has 0 aliphatic rings. The van der Waals surface area contributed by atoms with Gasteiger partial charge in [-0.3, -0.25) is 0 Å². The van der Waals surface area contributed by atoms with Crippen LogP contribution in [-0.2, 0) is 5.41 Å². The van der Waals surface area contributed by atoms with Crippen molar-refractivity contribution >= 4 is 15.9 Å². The van der Waals surface area contributed by atoms with Crippen LogP contribution < -0.4 is 11.1 Å². The third-order valence-electron chi connectivity index (χ3n) is 3.45. The number of aryl methyl sites for hydroxylation is 1. The summed E-state index contributed by atoms with van der Waals surface area (Å²) in [6.07, 6.45) is 0. The van der Waals surface area contributed by atoms with Crippen LogP contribution in [0.2, 0.25) is 0 Å². The van der Waals surface area contributed by atoms with Crippen molar-refractivity contribution in [3.63, 3.8) is 0 Å². The van der Waals surface area contributed by atoms with E-state index in [0.717, 1.165) is 11.0 Å². The molecular formula is C15H25BrN2. The fraction of sp³-hybridized carbons (Fsp3) is 0.600. The van der Waals surface area contributed by atoms with Crippen LogP contribution in [0.4, 0.5) is 0 Å². The lowest BCUT2D eigenvalue weighted by Gasteiger charge is -2.33. The van der Waals surface area contributed by atoms with E-state index in [9.17, 15) is 0 Å². The van der Waals surface area contributed by atoms with Gasteiger partial charge in [0, 0.05) is 28.5 Å². The molecule has 0 saturated heterocycles. The lowest BCUT2D eigenvalue weighted by Crippen LogP contribution is -2.50. The first-order valence-corrected chi connectivity index (χ1v) is 7.19. The normalized spacial score (nSPS) is 12.8. The van der Waals surface area contributed by atoms with E-state index < -0.39 is 0 Å². The highest BCUT2D eigenvalue weighted by molar-refractivity contribution is 9.10. The number of nitrogens with two attached hydrogens (primary N) is 1. The lowest BCUT2D eigenvalue weighted by molar-refractivity contribution is 0.346. The van der Waals surface area contributed by atoms with Gasteiger partial charge in [-0.25, -0.2) is 0 Å². The van der Waals surface area contributed by atoms with Crippen molar-refractivity contribution in [2.75, 3.05) is 13.1 Å². The van der Waals surface area contributed by atoms with E-state index in [2.05, 4.69) is 74.1 Å². The molecule has 1 aromatic rings. The first-order chi connectivity index (χ1) is 8.18. The summed E-state index contributed by atoms with van der Waals surface area (Å²) in [5, 5.41) is 3.55. The average molecular weight is 313 g/mol. The molecule has 0 saturated carbocycles. The van der Waals surface area contributed by atoms with E-state index >= 15 is 0 Å². The molecule has 0 spiro atoms. The molecule has 2 nitrogen and oxygen atoms in total. The largest absolute Gasteiger partial charge is 0.329 e. The summed E-state index contributed by atoms with van der Waals surface area (Å²) in [6, 6.07) is 6.47. The van der Waals surface area contributed by atoms with Gasteiger partial charge in [0.25, 0.3) is 0 Å². The summed E-state index contributed by atoms with van der Waals surface area (Å²) >= 11 is 3.55. The van der Waals surface area contributed by atoms with Crippen LogP contribution in [0.15, 0.2) is 22.7 Å². The smallest absolute Gasteiger partial charge is 0.0247 e. The molecule has 0 amide bonds. The van der Waals surface area contributed by atoms with Gasteiger partial charge in [0.2, 0.25) is 0 Å². The van der Waals surface area contributed by atoms with Gasteiger partial charge in [0.05, 0.1) is 0 Å². The summed E-state index contributed by atoms with van der Waals surface area (Å²) in [5.41, 5.74) is 8.53. The molecule has 0 aliphatic carbocycles. The zero-order valence-corrected chi connectivity index (χ0v) is 13.7. The Labute approximate surface area is 119 Å². The Bertz CT molecular complexity index is 411. The summed E-state index contributed by atoms with van der Waals surface area (Å²) in [7, 11) is 0. The number of benzene rings is 1. The summed E-state index contributed by atoms with van der Waals surface area (Å²) in [5.74, 6) is 0. The third-order valence-corrected chi connectivity index (χ3v) is 3.94. The van der Waals surface area contributed by atoms with Crippen molar-refractivity contribution in [1.29, 1.82) is 0 Å². The first kappa shape index (κ1) is 15.7. The molecule has 0 radical (unpaired) electrons. The minimum Gasteiger partial charge on any atom is -0.329 e. The zero-order chi connectivity index (χ0) is 14.0. The maximum absolute atomic E-state index is 5.76. The second-order valence-electron chi connectivity index (χ2n) is 6.28. The molecule has 0 atom stereocenters. The summed E-state index contributed by atoms with van der Waals surface area (Å²) < 4.78 is 1.13. The van der Waals surface area contributed by atoms with Crippen LogP contribution in [0, 0.1) is 6.92 Å². The molecule has 3 heteroatoms. The minimum atomic E-state index is -0.0167. The molecule has 0 heterocycles. The number of rotatable bonds is 5. The SMILES string of the molecule is Cc1ccc(Br)cc1C(C)(C)CNC(C)(C)CN. The zero-order valence-electron chi connectivity index (χ0n) is 12.1. The van der Waals surface area contributed by atoms with Crippen LogP contribution in [0.5, 0.6) is 0 Å². The van der Waals surface area contributed by atoms with Crippen molar-refractivity contribution < 1.29 is 0 Å². The highest BCUT2D eigenvalue weighted by Gasteiger charge is 2.25. The highest BCUT2D eigenvalue weighted by Crippen LogP contribution is 2.28. The van der Waals surface area contributed by atoms with Crippen LogP contribution in [0.25, 0.3) is 0 Å². The molecule has 1 rings (SSSR count). The molecule has 0 aromatic heterocycles. The predicted molar refractivity (Wildman–Crippen MR) is 83.0 cm³/mol. The van der Waals surface area contributed by atoms with Crippen LogP contribution in [-0.4, -0.2) is 18.6 Å². The van der Waals surface area contributed by atoms with Gasteiger partial charge in [-0.15, -0.1) is 0 Å². The van der Waals surface area contributed by atoms with Crippen LogP contribution in [0.3, 0.4) is 0 Å². The second kappa shape index (κ2) is 5.72. The highest BCUT2D eigenvalue weighted by atomic mass is 79.9. The molecule has 0 unspecified atom stereocenters. The maximum Gasteiger partial charge on any atom is 0.0247 e. The third kappa shape index (κ3) is 4.08. The molecule has 18 heavy (non-hydrogen) atoms. The molecule has 1 aromatic carbocycles. The lowest BCUT2D eigenvalue weighted by atomic mass is 9.81. The van der Waals surface area contributed by atoms with Crippen LogP contribution >= 0.6 is 15.9 Å². The van der Waals surface area contributed by atoms with E-state index in [1.165, 1.54) is 11.1 Å². The maximum atomic E-state index is 5.76. The Hall–Kier alpha value is -0.380. The number of nitrogens with one attached hydrogen (secondary N) is 1. The number of hydrogen-bond donors (Lipinski definition) is 2. The van der Waals surface area contributed by atoms with E-state index in [1.807, 2.05) is 0 Å². The van der Waals surface area contributed by atoms with E-state index in [-0.39, 0.29) is 11.0 Å². The van der Waals surface area contributed by atoms with Gasteiger partial charge in [0.15, 0.2) is 0 Å². The number of hydrogen-bond acceptors (Lipinski definition) is 2. The van der Waals surface area contributed by atoms with Crippen molar-refractivity contribution in [2.24, 2.45) is 5.73 Å². The standard InChI is InChI=1S/C15H25BrN2/c1-11-6-7-12(16)8-13(11)14(2,3)10-18-15(4,5)9-17/h6-8,18H,9-10,17H2,1-5H3. The van der Waals surface area contributed by atoms with E-state index in [1.54, 1.807) is 0 Å². The van der Waals surface area contributed by atoms with Gasteiger partial charge in [0.1, 0.15) is 0 Å². The number of halogens is 1. The predicted octanol–water partition coefficient (Wildman–Crippen LogP) is 3.36. The van der Waals surface area contributed by atoms with Crippen LogP contribution in [0.1, 0.15) is 38.8 Å². The minimum absolute atomic E-state index is 0.0167. The average Bonchev–Trinajstić information content (AvgIpc) is 2.30. The quantitative estimate of drug-likeness (QED) is 0.875. The van der Waals surface area contributed by atoms with E-state index in [4.69, 9.17) is 5.73 Å². The first-order valence-electron chi connectivity index (χ1n) is 6.40. The summed E-state index contributed by atoms with van der Waals surface area (Å²) in [6.45, 7) is 12.5. The van der Waals surface area contributed by atoms with Crippen molar-refractivity contribution in [3.8, 4) is 0 Å². The second-order valence-corrected chi connectivity index (χ2v) is 7.20. The Kier molecular flexibility index (Phi) is 4.98. The Morgan fingerprint density at radius 3 is 2.39 bits per heavy atom. The fourth-order valence-corrected chi connectivity index (χ4v) is 2.31. The van der Waals surface area contributed by atoms with Gasteiger partial charge in [-0.05, 0) is 44.0 Å². The van der Waals surface area contributed by atoms with Gasteiger partial charge < -0.3 is 11.1 Å². The topological polar surface area (TPSA) is 38.0 Å². The van der Waals surface area contributed by atoms with Gasteiger partial charge in [-0.2, -0.15) is 0 Å². The Morgan fingerprint density at radius 1 is 1.22 bits per heavy atom. The monoisotopic (exact) mass is 312 g/mol. The Balaban J connectivity index is 2.89. The molecule has 0 bridgehead atoms. The fourth-order valence-electron chi connectivity index (χ4n) is 1.95. The molecule has 102 valence electrons.